The average Bonchev–Trinajstić information content (AvgIpc) is 2.10. The minimum Gasteiger partial charge on any atom is -0.301 e. The van der Waals surface area contributed by atoms with E-state index in [9.17, 15) is 0 Å². The van der Waals surface area contributed by atoms with Gasteiger partial charge >= 0.3 is 0 Å². The maximum absolute atomic E-state index is 6.11. The van der Waals surface area contributed by atoms with Crippen LogP contribution >= 0.6 is 11.6 Å². The number of rotatable bonds is 2. The molecule has 1 N–H and O–H groups in total. The third-order valence-corrected chi connectivity index (χ3v) is 2.86. The van der Waals surface area contributed by atoms with Crippen LogP contribution in [0, 0.1) is 20.8 Å². The van der Waals surface area contributed by atoms with Crippen LogP contribution in [0.4, 0.5) is 0 Å². The number of halogens is 1. The summed E-state index contributed by atoms with van der Waals surface area (Å²) in [6, 6.07) is 4.33. The third kappa shape index (κ3) is 2.23. The van der Waals surface area contributed by atoms with E-state index in [0.717, 1.165) is 0 Å². The minimum atomic E-state index is -0.0840. The second kappa shape index (κ2) is 4.12. The van der Waals surface area contributed by atoms with Gasteiger partial charge in [0.05, 0.1) is 0 Å². The largest absolute Gasteiger partial charge is 0.301 e. The predicted molar refractivity (Wildman–Crippen MR) is 58.3 cm³/mol. The summed E-state index contributed by atoms with van der Waals surface area (Å²) in [7, 11) is 1.87. The Balaban J connectivity index is 3.15. The Hall–Kier alpha value is -0.530. The first-order chi connectivity index (χ1) is 6.06. The second-order valence-electron chi connectivity index (χ2n) is 3.44. The molecule has 1 aromatic rings. The lowest BCUT2D eigenvalue weighted by Crippen LogP contribution is -2.11. The Kier molecular flexibility index (Phi) is 3.34. The van der Waals surface area contributed by atoms with Crippen LogP contribution < -0.4 is 5.32 Å². The first-order valence-electron chi connectivity index (χ1n) is 4.45. The summed E-state index contributed by atoms with van der Waals surface area (Å²) in [5.74, 6) is 0. The van der Waals surface area contributed by atoms with Gasteiger partial charge in [0.1, 0.15) is 5.50 Å². The van der Waals surface area contributed by atoms with Gasteiger partial charge in [0.15, 0.2) is 0 Å². The van der Waals surface area contributed by atoms with Crippen LogP contribution in [0.2, 0.25) is 0 Å². The van der Waals surface area contributed by atoms with E-state index >= 15 is 0 Å². The van der Waals surface area contributed by atoms with Crippen molar-refractivity contribution in [3.8, 4) is 0 Å². The fraction of sp³-hybridized carbons (Fsp3) is 0.455. The summed E-state index contributed by atoms with van der Waals surface area (Å²) >= 11 is 6.11. The van der Waals surface area contributed by atoms with Crippen LogP contribution in [0.15, 0.2) is 12.1 Å². The van der Waals surface area contributed by atoms with Gasteiger partial charge in [-0.25, -0.2) is 0 Å². The summed E-state index contributed by atoms with van der Waals surface area (Å²) in [5.41, 5.74) is 4.95. The van der Waals surface area contributed by atoms with Crippen LogP contribution in [0.3, 0.4) is 0 Å². The molecule has 1 atom stereocenters. The van der Waals surface area contributed by atoms with Gasteiger partial charge in [0.25, 0.3) is 0 Å². The molecule has 0 heterocycles. The summed E-state index contributed by atoms with van der Waals surface area (Å²) in [4.78, 5) is 0. The molecule has 1 unspecified atom stereocenters. The van der Waals surface area contributed by atoms with Crippen molar-refractivity contribution in [2.24, 2.45) is 0 Å². The molecule has 0 bridgehead atoms. The molecule has 13 heavy (non-hydrogen) atoms. The van der Waals surface area contributed by atoms with Gasteiger partial charge in [-0.05, 0) is 50.1 Å². The Morgan fingerprint density at radius 2 is 1.62 bits per heavy atom. The van der Waals surface area contributed by atoms with E-state index < -0.39 is 0 Å². The quantitative estimate of drug-likeness (QED) is 0.568. The number of nitrogens with one attached hydrogen (secondary N) is 1. The van der Waals surface area contributed by atoms with Gasteiger partial charge in [0, 0.05) is 0 Å². The Labute approximate surface area is 85.1 Å². The Morgan fingerprint density at radius 1 is 1.08 bits per heavy atom. The molecule has 0 saturated heterocycles. The van der Waals surface area contributed by atoms with Gasteiger partial charge < -0.3 is 5.32 Å². The van der Waals surface area contributed by atoms with Crippen LogP contribution in [0.25, 0.3) is 0 Å². The fourth-order valence-electron chi connectivity index (χ4n) is 1.41. The molecular formula is C11H16ClN. The van der Waals surface area contributed by atoms with E-state index in [0.29, 0.717) is 0 Å². The zero-order chi connectivity index (χ0) is 10.0. The van der Waals surface area contributed by atoms with Gasteiger partial charge in [-0.3, -0.25) is 0 Å². The maximum Gasteiger partial charge on any atom is 0.108 e. The summed E-state index contributed by atoms with van der Waals surface area (Å²) < 4.78 is 0. The highest BCUT2D eigenvalue weighted by Gasteiger charge is 2.08. The number of hydrogen-bond acceptors (Lipinski definition) is 1. The van der Waals surface area contributed by atoms with Gasteiger partial charge in [-0.15, -0.1) is 11.6 Å². The summed E-state index contributed by atoms with van der Waals surface area (Å²) in [6.45, 7) is 6.32. The van der Waals surface area contributed by atoms with Crippen molar-refractivity contribution in [1.82, 2.24) is 5.32 Å². The highest BCUT2D eigenvalue weighted by Crippen LogP contribution is 2.23. The van der Waals surface area contributed by atoms with Crippen molar-refractivity contribution < 1.29 is 0 Å². The van der Waals surface area contributed by atoms with Crippen LogP contribution in [-0.4, -0.2) is 7.05 Å². The number of hydrogen-bond donors (Lipinski definition) is 1. The lowest BCUT2D eigenvalue weighted by atomic mass is 10.0. The third-order valence-electron chi connectivity index (χ3n) is 2.41. The van der Waals surface area contributed by atoms with E-state index in [2.05, 4.69) is 38.2 Å². The molecule has 0 amide bonds. The monoisotopic (exact) mass is 197 g/mol. The molecule has 0 fully saturated rings. The number of aryl methyl sites for hydroxylation is 3. The zero-order valence-electron chi connectivity index (χ0n) is 8.61. The molecule has 0 radical (unpaired) electrons. The minimum absolute atomic E-state index is 0.0840. The fourth-order valence-corrected chi connectivity index (χ4v) is 1.65. The van der Waals surface area contributed by atoms with Crippen molar-refractivity contribution >= 4 is 11.6 Å². The molecule has 0 spiro atoms. The molecule has 0 aliphatic rings. The topological polar surface area (TPSA) is 12.0 Å². The molecule has 1 aromatic carbocycles. The van der Waals surface area contributed by atoms with E-state index in [1.54, 1.807) is 0 Å². The first-order valence-corrected chi connectivity index (χ1v) is 4.89. The normalized spacial score (nSPS) is 13.0. The van der Waals surface area contributed by atoms with Crippen LogP contribution in [0.1, 0.15) is 27.8 Å². The highest BCUT2D eigenvalue weighted by atomic mass is 35.5. The molecule has 0 aromatic heterocycles. The lowest BCUT2D eigenvalue weighted by Gasteiger charge is -2.14. The first kappa shape index (κ1) is 10.6. The molecular weight excluding hydrogens is 182 g/mol. The van der Waals surface area contributed by atoms with E-state index in [1.807, 2.05) is 7.05 Å². The number of alkyl halides is 1. The standard InChI is InChI=1S/C11H16ClN/c1-7-5-9(3)10(6-8(7)2)11(12)13-4/h5-6,11,13H,1-4H3. The van der Waals surface area contributed by atoms with Crippen molar-refractivity contribution in [2.75, 3.05) is 7.05 Å². The summed E-state index contributed by atoms with van der Waals surface area (Å²) in [6.07, 6.45) is 0. The molecule has 2 heteroatoms. The smallest absolute Gasteiger partial charge is 0.108 e. The molecule has 0 aliphatic carbocycles. The Morgan fingerprint density at radius 3 is 2.15 bits per heavy atom. The SMILES string of the molecule is CNC(Cl)c1cc(C)c(C)cc1C. The molecule has 1 nitrogen and oxygen atoms in total. The predicted octanol–water partition coefficient (Wildman–Crippen LogP) is 3.07. The van der Waals surface area contributed by atoms with Crippen molar-refractivity contribution in [3.63, 3.8) is 0 Å². The lowest BCUT2D eigenvalue weighted by molar-refractivity contribution is 0.777. The van der Waals surface area contributed by atoms with Gasteiger partial charge in [0.2, 0.25) is 0 Å². The zero-order valence-corrected chi connectivity index (χ0v) is 9.37. The van der Waals surface area contributed by atoms with E-state index in [4.69, 9.17) is 11.6 Å². The highest BCUT2D eigenvalue weighted by molar-refractivity contribution is 6.20. The molecule has 0 saturated carbocycles. The average molecular weight is 198 g/mol. The summed E-state index contributed by atoms with van der Waals surface area (Å²) in [5, 5.41) is 3.03. The van der Waals surface area contributed by atoms with Gasteiger partial charge in [-0.2, -0.15) is 0 Å². The molecule has 0 aliphatic heterocycles. The Bertz CT molecular complexity index is 307. The van der Waals surface area contributed by atoms with Crippen molar-refractivity contribution in [1.29, 1.82) is 0 Å². The van der Waals surface area contributed by atoms with E-state index in [-0.39, 0.29) is 5.50 Å². The molecule has 72 valence electrons. The van der Waals surface area contributed by atoms with Crippen molar-refractivity contribution in [3.05, 3.63) is 34.4 Å². The van der Waals surface area contributed by atoms with Crippen LogP contribution in [-0.2, 0) is 0 Å². The maximum atomic E-state index is 6.11. The van der Waals surface area contributed by atoms with E-state index in [1.165, 1.54) is 22.3 Å². The number of benzene rings is 1. The van der Waals surface area contributed by atoms with Crippen molar-refractivity contribution in [2.45, 2.75) is 26.3 Å². The second-order valence-corrected chi connectivity index (χ2v) is 3.88. The van der Waals surface area contributed by atoms with Gasteiger partial charge in [-0.1, -0.05) is 12.1 Å². The molecule has 1 rings (SSSR count). The van der Waals surface area contributed by atoms with Crippen LogP contribution in [0.5, 0.6) is 0 Å².